The van der Waals surface area contributed by atoms with Crippen molar-refractivity contribution < 1.29 is 9.59 Å². The molecule has 0 spiro atoms. The molecule has 5 heteroatoms. The molecule has 0 aliphatic rings. The lowest BCUT2D eigenvalue weighted by Gasteiger charge is -2.09. The smallest absolute Gasteiger partial charge is 0.220 e. The van der Waals surface area contributed by atoms with Gasteiger partial charge in [-0.3, -0.25) is 9.59 Å². The van der Waals surface area contributed by atoms with Gasteiger partial charge in [0.1, 0.15) is 0 Å². The highest BCUT2D eigenvalue weighted by atomic mass is 16.2. The highest BCUT2D eigenvalue weighted by molar-refractivity contribution is 5.82. The van der Waals surface area contributed by atoms with Gasteiger partial charge in [0.05, 0.1) is 0 Å². The average Bonchev–Trinajstić information content (AvgIpc) is 2.08. The van der Waals surface area contributed by atoms with Crippen molar-refractivity contribution in [3.05, 3.63) is 0 Å². The van der Waals surface area contributed by atoms with E-state index in [1.807, 2.05) is 14.1 Å². The van der Waals surface area contributed by atoms with Crippen molar-refractivity contribution in [1.82, 2.24) is 10.2 Å². The van der Waals surface area contributed by atoms with Gasteiger partial charge in [-0.2, -0.15) is 0 Å². The van der Waals surface area contributed by atoms with Gasteiger partial charge in [0.25, 0.3) is 0 Å². The third kappa shape index (κ3) is 8.99. The van der Waals surface area contributed by atoms with Crippen LogP contribution in [0.15, 0.2) is 0 Å². The molecule has 0 aromatic carbocycles. The quantitative estimate of drug-likeness (QED) is 0.536. The number of primary amides is 1. The van der Waals surface area contributed by atoms with Crippen LogP contribution in [0.5, 0.6) is 0 Å². The Kier molecular flexibility index (Phi) is 6.74. The molecule has 0 saturated carbocycles. The first-order valence-electron chi connectivity index (χ1n) is 4.72. The van der Waals surface area contributed by atoms with E-state index in [0.717, 1.165) is 13.0 Å². The van der Waals surface area contributed by atoms with Crippen molar-refractivity contribution in [1.29, 1.82) is 0 Å². The Balaban J connectivity index is 3.31. The molecule has 0 aliphatic carbocycles. The predicted molar refractivity (Wildman–Crippen MR) is 54.6 cm³/mol. The maximum atomic E-state index is 11.1. The molecule has 0 aliphatic heterocycles. The van der Waals surface area contributed by atoms with Crippen molar-refractivity contribution >= 4 is 11.8 Å². The number of carbonyl (C=O) groups is 2. The van der Waals surface area contributed by atoms with E-state index in [-0.39, 0.29) is 18.7 Å². The number of amides is 2. The van der Waals surface area contributed by atoms with Gasteiger partial charge in [-0.15, -0.1) is 0 Å². The van der Waals surface area contributed by atoms with Crippen LogP contribution in [-0.4, -0.2) is 43.9 Å². The molecular formula is C9H19N3O2. The van der Waals surface area contributed by atoms with Gasteiger partial charge in [-0.1, -0.05) is 0 Å². The van der Waals surface area contributed by atoms with Crippen LogP contribution in [0, 0.1) is 0 Å². The Morgan fingerprint density at radius 3 is 2.43 bits per heavy atom. The summed E-state index contributed by atoms with van der Waals surface area (Å²) in [5.74, 6) is -0.545. The SMILES string of the molecule is CN(C)CCCNC(=O)CCC(N)=O. The van der Waals surface area contributed by atoms with Crippen LogP contribution in [0.4, 0.5) is 0 Å². The summed E-state index contributed by atoms with van der Waals surface area (Å²) in [5.41, 5.74) is 4.91. The van der Waals surface area contributed by atoms with Crippen molar-refractivity contribution in [3.63, 3.8) is 0 Å². The Morgan fingerprint density at radius 1 is 1.29 bits per heavy atom. The fourth-order valence-corrected chi connectivity index (χ4v) is 0.948. The lowest BCUT2D eigenvalue weighted by Crippen LogP contribution is -2.28. The number of hydrogen-bond donors (Lipinski definition) is 2. The van der Waals surface area contributed by atoms with E-state index < -0.39 is 5.91 Å². The summed E-state index contributed by atoms with van der Waals surface area (Å²) in [6.45, 7) is 1.59. The number of nitrogens with one attached hydrogen (secondary N) is 1. The Labute approximate surface area is 84.6 Å². The topological polar surface area (TPSA) is 75.4 Å². The Bertz CT molecular complexity index is 192. The van der Waals surface area contributed by atoms with Crippen LogP contribution in [0.1, 0.15) is 19.3 Å². The van der Waals surface area contributed by atoms with Crippen LogP contribution >= 0.6 is 0 Å². The molecule has 2 amide bonds. The molecule has 82 valence electrons. The molecule has 0 atom stereocenters. The molecule has 0 fully saturated rings. The van der Waals surface area contributed by atoms with Crippen molar-refractivity contribution in [2.45, 2.75) is 19.3 Å². The molecule has 0 aromatic rings. The molecule has 14 heavy (non-hydrogen) atoms. The minimum absolute atomic E-state index is 0.109. The fraction of sp³-hybridized carbons (Fsp3) is 0.778. The predicted octanol–water partition coefficient (Wildman–Crippen LogP) is -0.680. The number of carbonyl (C=O) groups excluding carboxylic acids is 2. The summed E-state index contributed by atoms with van der Waals surface area (Å²) >= 11 is 0. The molecule has 0 aromatic heterocycles. The second kappa shape index (κ2) is 7.32. The summed E-state index contributed by atoms with van der Waals surface area (Å²) in [4.78, 5) is 23.5. The second-order valence-electron chi connectivity index (χ2n) is 3.47. The third-order valence-corrected chi connectivity index (χ3v) is 1.70. The average molecular weight is 201 g/mol. The van der Waals surface area contributed by atoms with Crippen LogP contribution in [0.2, 0.25) is 0 Å². The zero-order chi connectivity index (χ0) is 11.0. The molecular weight excluding hydrogens is 182 g/mol. The van der Waals surface area contributed by atoms with Crippen LogP contribution in [0.25, 0.3) is 0 Å². The molecule has 0 bridgehead atoms. The van der Waals surface area contributed by atoms with Gasteiger partial charge in [0.2, 0.25) is 11.8 Å². The van der Waals surface area contributed by atoms with Crippen LogP contribution in [-0.2, 0) is 9.59 Å². The van der Waals surface area contributed by atoms with E-state index in [9.17, 15) is 9.59 Å². The highest BCUT2D eigenvalue weighted by Crippen LogP contribution is 1.87. The summed E-state index contributed by atoms with van der Waals surface area (Å²) in [7, 11) is 3.96. The second-order valence-corrected chi connectivity index (χ2v) is 3.47. The molecule has 0 saturated heterocycles. The molecule has 5 nitrogen and oxygen atoms in total. The van der Waals surface area contributed by atoms with E-state index >= 15 is 0 Å². The fourth-order valence-electron chi connectivity index (χ4n) is 0.948. The largest absolute Gasteiger partial charge is 0.370 e. The first kappa shape index (κ1) is 12.9. The van der Waals surface area contributed by atoms with Gasteiger partial charge >= 0.3 is 0 Å². The van der Waals surface area contributed by atoms with E-state index in [1.165, 1.54) is 0 Å². The van der Waals surface area contributed by atoms with E-state index in [4.69, 9.17) is 5.73 Å². The van der Waals surface area contributed by atoms with Crippen molar-refractivity contribution in [2.75, 3.05) is 27.2 Å². The summed E-state index contributed by atoms with van der Waals surface area (Å²) < 4.78 is 0. The maximum absolute atomic E-state index is 11.1. The monoisotopic (exact) mass is 201 g/mol. The van der Waals surface area contributed by atoms with Crippen molar-refractivity contribution in [2.24, 2.45) is 5.73 Å². The number of nitrogens with two attached hydrogens (primary N) is 1. The van der Waals surface area contributed by atoms with Gasteiger partial charge in [0, 0.05) is 19.4 Å². The lowest BCUT2D eigenvalue weighted by molar-refractivity contribution is -0.125. The van der Waals surface area contributed by atoms with Gasteiger partial charge in [-0.25, -0.2) is 0 Å². The Morgan fingerprint density at radius 2 is 1.93 bits per heavy atom. The standard InChI is InChI=1S/C9H19N3O2/c1-12(2)7-3-6-11-9(14)5-4-8(10)13/h3-7H2,1-2H3,(H2,10,13)(H,11,14). The molecule has 0 unspecified atom stereocenters. The van der Waals surface area contributed by atoms with Crippen LogP contribution < -0.4 is 11.1 Å². The number of nitrogens with zero attached hydrogens (tertiary/aromatic N) is 1. The molecule has 3 N–H and O–H groups in total. The summed E-state index contributed by atoms with van der Waals surface area (Å²) in [6, 6.07) is 0. The minimum Gasteiger partial charge on any atom is -0.370 e. The molecule has 0 heterocycles. The van der Waals surface area contributed by atoms with E-state index in [2.05, 4.69) is 10.2 Å². The van der Waals surface area contributed by atoms with Crippen molar-refractivity contribution in [3.8, 4) is 0 Å². The maximum Gasteiger partial charge on any atom is 0.220 e. The van der Waals surface area contributed by atoms with Crippen LogP contribution in [0.3, 0.4) is 0 Å². The minimum atomic E-state index is -0.437. The number of rotatable bonds is 7. The normalized spacial score (nSPS) is 10.2. The molecule has 0 radical (unpaired) electrons. The number of hydrogen-bond acceptors (Lipinski definition) is 3. The third-order valence-electron chi connectivity index (χ3n) is 1.70. The Hall–Kier alpha value is -1.10. The van der Waals surface area contributed by atoms with E-state index in [1.54, 1.807) is 0 Å². The highest BCUT2D eigenvalue weighted by Gasteiger charge is 2.02. The van der Waals surface area contributed by atoms with E-state index in [0.29, 0.717) is 6.54 Å². The lowest BCUT2D eigenvalue weighted by atomic mass is 10.3. The zero-order valence-corrected chi connectivity index (χ0v) is 8.88. The van der Waals surface area contributed by atoms with Gasteiger partial charge < -0.3 is 16.0 Å². The summed E-state index contributed by atoms with van der Waals surface area (Å²) in [6.07, 6.45) is 1.23. The van der Waals surface area contributed by atoms with Gasteiger partial charge in [-0.05, 0) is 27.1 Å². The molecule has 0 rings (SSSR count). The van der Waals surface area contributed by atoms with Gasteiger partial charge in [0.15, 0.2) is 0 Å². The zero-order valence-electron chi connectivity index (χ0n) is 8.88. The first-order chi connectivity index (χ1) is 6.52. The summed E-state index contributed by atoms with van der Waals surface area (Å²) in [5, 5.41) is 2.72. The first-order valence-corrected chi connectivity index (χ1v) is 4.72.